The highest BCUT2D eigenvalue weighted by Crippen LogP contribution is 2.24. The van der Waals surface area contributed by atoms with Crippen LogP contribution in [0.1, 0.15) is 5.56 Å². The number of rotatable bonds is 4. The molecule has 0 unspecified atom stereocenters. The molecule has 0 spiro atoms. The second-order valence-electron chi connectivity index (χ2n) is 6.41. The number of aliphatic imine (C=N–C) groups is 1. The number of nitrogens with zero attached hydrogens (tertiary/aromatic N) is 3. The van der Waals surface area contributed by atoms with Crippen molar-refractivity contribution in [1.29, 1.82) is 0 Å². The van der Waals surface area contributed by atoms with Gasteiger partial charge in [0.1, 0.15) is 0 Å². The van der Waals surface area contributed by atoms with Gasteiger partial charge in [0.15, 0.2) is 5.17 Å². The highest BCUT2D eigenvalue weighted by atomic mass is 32.2. The van der Waals surface area contributed by atoms with Crippen molar-refractivity contribution in [3.63, 3.8) is 0 Å². The predicted molar refractivity (Wildman–Crippen MR) is 115 cm³/mol. The fraction of sp³-hybridized carbons (Fsp3) is 0.158. The Hall–Kier alpha value is -2.62. The minimum Gasteiger partial charge on any atom is -0.360 e. The van der Waals surface area contributed by atoms with E-state index in [1.165, 1.54) is 30.2 Å². The number of hydrogen-bond acceptors (Lipinski definition) is 5. The van der Waals surface area contributed by atoms with Gasteiger partial charge in [-0.2, -0.15) is 5.10 Å². The van der Waals surface area contributed by atoms with E-state index in [4.69, 9.17) is 0 Å². The lowest BCUT2D eigenvalue weighted by molar-refractivity contribution is 0.521. The molecule has 1 aliphatic heterocycles. The second-order valence-corrected chi connectivity index (χ2v) is 9.52. The molecule has 0 saturated heterocycles. The van der Waals surface area contributed by atoms with Crippen LogP contribution in [-0.2, 0) is 10.0 Å². The van der Waals surface area contributed by atoms with Gasteiger partial charge in [0.2, 0.25) is 10.0 Å². The Balaban J connectivity index is 1.58. The fourth-order valence-electron chi connectivity index (χ4n) is 2.86. The van der Waals surface area contributed by atoms with Crippen molar-refractivity contribution in [3.8, 4) is 0 Å². The number of amidine groups is 1. The summed E-state index contributed by atoms with van der Waals surface area (Å²) in [5, 5.41) is 6.23. The van der Waals surface area contributed by atoms with Crippen LogP contribution in [0.5, 0.6) is 0 Å². The van der Waals surface area contributed by atoms with Crippen LogP contribution in [0.15, 0.2) is 69.7 Å². The summed E-state index contributed by atoms with van der Waals surface area (Å²) in [7, 11) is -0.479. The van der Waals surface area contributed by atoms with Crippen molar-refractivity contribution < 1.29 is 8.42 Å². The van der Waals surface area contributed by atoms with Gasteiger partial charge >= 0.3 is 0 Å². The van der Waals surface area contributed by atoms with Crippen LogP contribution in [0.4, 0.5) is 5.69 Å². The number of thioether (sulfide) groups is 1. The van der Waals surface area contributed by atoms with Crippen molar-refractivity contribution in [2.24, 2.45) is 10.1 Å². The van der Waals surface area contributed by atoms with Gasteiger partial charge in [-0.15, -0.1) is 0 Å². The zero-order valence-electron chi connectivity index (χ0n) is 15.4. The molecular weight excluding hydrogens is 394 g/mol. The molecule has 0 atom stereocenters. The predicted octanol–water partition coefficient (Wildman–Crippen LogP) is 3.15. The van der Waals surface area contributed by atoms with E-state index in [-0.39, 0.29) is 4.90 Å². The molecule has 1 aliphatic rings. The van der Waals surface area contributed by atoms with Gasteiger partial charge in [-0.3, -0.25) is 5.43 Å². The molecule has 0 aliphatic carbocycles. The number of H-pyrrole nitrogens is 1. The number of aromatic nitrogens is 1. The summed E-state index contributed by atoms with van der Waals surface area (Å²) < 4.78 is 25.8. The van der Waals surface area contributed by atoms with Crippen LogP contribution in [-0.4, -0.2) is 48.4 Å². The third-order valence-electron chi connectivity index (χ3n) is 4.36. The summed E-state index contributed by atoms with van der Waals surface area (Å²) in [5.41, 5.74) is 6.61. The number of hydrogen-bond donors (Lipinski definition) is 2. The molecule has 4 rings (SSSR count). The molecule has 3 aromatic rings. The molecule has 0 fully saturated rings. The Labute approximate surface area is 167 Å². The molecule has 0 amide bonds. The van der Waals surface area contributed by atoms with Gasteiger partial charge in [-0.25, -0.2) is 17.7 Å². The summed E-state index contributed by atoms with van der Waals surface area (Å²) in [5.74, 6) is 0.670. The monoisotopic (exact) mass is 413 g/mol. The summed E-state index contributed by atoms with van der Waals surface area (Å²) >= 11 is 1.53. The number of fused-ring (bicyclic) bond motifs is 1. The van der Waals surface area contributed by atoms with Crippen molar-refractivity contribution in [1.82, 2.24) is 14.7 Å². The Morgan fingerprint density at radius 3 is 2.71 bits per heavy atom. The van der Waals surface area contributed by atoms with E-state index < -0.39 is 10.0 Å². The molecule has 0 saturated carbocycles. The van der Waals surface area contributed by atoms with Crippen molar-refractivity contribution in [3.05, 3.63) is 60.3 Å². The quantitative estimate of drug-likeness (QED) is 0.688. The van der Waals surface area contributed by atoms with Gasteiger partial charge in [-0.1, -0.05) is 36.0 Å². The first-order valence-corrected chi connectivity index (χ1v) is 11.0. The van der Waals surface area contributed by atoms with Crippen LogP contribution in [0.25, 0.3) is 10.9 Å². The summed E-state index contributed by atoms with van der Waals surface area (Å²) in [6.45, 7) is 0. The van der Waals surface area contributed by atoms with Crippen LogP contribution < -0.4 is 5.43 Å². The third kappa shape index (κ3) is 3.56. The van der Waals surface area contributed by atoms with E-state index in [9.17, 15) is 8.42 Å². The maximum absolute atomic E-state index is 12.3. The number of benzene rings is 2. The first-order valence-electron chi connectivity index (χ1n) is 8.58. The minimum absolute atomic E-state index is 0.211. The minimum atomic E-state index is -3.49. The lowest BCUT2D eigenvalue weighted by atomic mass is 10.1. The molecule has 9 heteroatoms. The van der Waals surface area contributed by atoms with Crippen LogP contribution in [0.3, 0.4) is 0 Å². The topological polar surface area (TPSA) is 89.9 Å². The molecule has 2 aromatic carbocycles. The largest absolute Gasteiger partial charge is 0.360 e. The standard InChI is InChI=1S/C19H19N5O2S2/c1-24(2)28(25,26)14-7-5-6-13(10-14)21-19-23-22-18(12-27-19)16-11-20-17-9-4-3-8-15(16)17/h3-11,20H,12H2,1-2H3,(H,21,23). The molecule has 1 aromatic heterocycles. The zero-order valence-corrected chi connectivity index (χ0v) is 17.0. The molecule has 144 valence electrons. The average molecular weight is 414 g/mol. The highest BCUT2D eigenvalue weighted by Gasteiger charge is 2.19. The smallest absolute Gasteiger partial charge is 0.242 e. The average Bonchev–Trinajstić information content (AvgIpc) is 3.13. The van der Waals surface area contributed by atoms with Gasteiger partial charge in [0, 0.05) is 42.5 Å². The Morgan fingerprint density at radius 2 is 1.96 bits per heavy atom. The lowest BCUT2D eigenvalue weighted by Gasteiger charge is -2.15. The molecule has 28 heavy (non-hydrogen) atoms. The van der Waals surface area contributed by atoms with Crippen molar-refractivity contribution in [2.45, 2.75) is 4.90 Å². The third-order valence-corrected chi connectivity index (χ3v) is 7.04. The van der Waals surface area contributed by atoms with E-state index in [2.05, 4.69) is 26.6 Å². The number of sulfonamides is 1. The lowest BCUT2D eigenvalue weighted by Crippen LogP contribution is -2.25. The Morgan fingerprint density at radius 1 is 1.14 bits per heavy atom. The zero-order chi connectivity index (χ0) is 19.7. The maximum atomic E-state index is 12.3. The van der Waals surface area contributed by atoms with Gasteiger partial charge in [-0.05, 0) is 24.3 Å². The fourth-order valence-corrected chi connectivity index (χ4v) is 4.58. The van der Waals surface area contributed by atoms with E-state index in [1.54, 1.807) is 24.3 Å². The van der Waals surface area contributed by atoms with E-state index >= 15 is 0 Å². The van der Waals surface area contributed by atoms with E-state index in [0.29, 0.717) is 16.6 Å². The molecule has 2 N–H and O–H groups in total. The number of hydrazone groups is 1. The molecular formula is C19H19N5O2S2. The Bertz CT molecular complexity index is 1200. The number of nitrogens with one attached hydrogen (secondary N) is 2. The summed E-state index contributed by atoms with van der Waals surface area (Å²) in [6, 6.07) is 14.7. The number of aromatic amines is 1. The van der Waals surface area contributed by atoms with Gasteiger partial charge in [0.25, 0.3) is 0 Å². The van der Waals surface area contributed by atoms with Crippen molar-refractivity contribution in [2.75, 3.05) is 19.8 Å². The van der Waals surface area contributed by atoms with Crippen LogP contribution >= 0.6 is 11.8 Å². The molecule has 0 bridgehead atoms. The first kappa shape index (κ1) is 18.7. The highest BCUT2D eigenvalue weighted by molar-refractivity contribution is 8.14. The van der Waals surface area contributed by atoms with E-state index in [1.807, 2.05) is 24.4 Å². The summed E-state index contributed by atoms with van der Waals surface area (Å²) in [4.78, 5) is 7.97. The van der Waals surface area contributed by atoms with Crippen LogP contribution in [0.2, 0.25) is 0 Å². The normalized spacial score (nSPS) is 16.4. The van der Waals surface area contributed by atoms with Crippen molar-refractivity contribution >= 4 is 49.3 Å². The second kappa shape index (κ2) is 7.42. The maximum Gasteiger partial charge on any atom is 0.242 e. The SMILES string of the molecule is CN(C)S(=O)(=O)c1cccc(N=C2NN=C(c3c[nH]c4ccccc34)CS2)c1. The van der Waals surface area contributed by atoms with E-state index in [0.717, 1.165) is 22.2 Å². The Kier molecular flexibility index (Phi) is 4.96. The first-order chi connectivity index (χ1) is 13.4. The molecule has 0 radical (unpaired) electrons. The summed E-state index contributed by atoms with van der Waals surface area (Å²) in [6.07, 6.45) is 1.96. The van der Waals surface area contributed by atoms with Crippen LogP contribution in [0, 0.1) is 0 Å². The molecule has 7 nitrogen and oxygen atoms in total. The van der Waals surface area contributed by atoms with Gasteiger partial charge < -0.3 is 4.98 Å². The molecule has 2 heterocycles. The number of para-hydroxylation sites is 1. The van der Waals surface area contributed by atoms with Gasteiger partial charge in [0.05, 0.1) is 16.3 Å².